The molecule has 4 rings (SSSR count). The minimum Gasteiger partial charge on any atom is -0.494 e. The van der Waals surface area contributed by atoms with E-state index in [-0.39, 0.29) is 16.5 Å². The highest BCUT2D eigenvalue weighted by Gasteiger charge is 2.28. The zero-order valence-corrected chi connectivity index (χ0v) is 18.6. The van der Waals surface area contributed by atoms with Gasteiger partial charge in [0.05, 0.1) is 17.2 Å². The monoisotopic (exact) mass is 457 g/mol. The lowest BCUT2D eigenvalue weighted by Crippen LogP contribution is -2.26. The largest absolute Gasteiger partial charge is 0.494 e. The molecule has 0 aliphatic heterocycles. The zero-order chi connectivity index (χ0) is 21.8. The number of hydrogen-bond donors (Lipinski definition) is 2. The first-order chi connectivity index (χ1) is 14.9. The molecule has 1 aliphatic rings. The first-order valence-corrected chi connectivity index (χ1v) is 12.4. The Morgan fingerprint density at radius 3 is 2.68 bits per heavy atom. The van der Waals surface area contributed by atoms with Gasteiger partial charge in [0.25, 0.3) is 5.91 Å². The second-order valence-electron chi connectivity index (χ2n) is 7.29. The molecule has 9 heteroatoms. The maximum absolute atomic E-state index is 12.6. The van der Waals surface area contributed by atoms with Crippen LogP contribution in [0.4, 0.5) is 5.13 Å². The number of ether oxygens (including phenoxy) is 1. The van der Waals surface area contributed by atoms with Gasteiger partial charge in [-0.2, -0.15) is 0 Å². The fraction of sp³-hybridized carbons (Fsp3) is 0.273. The van der Waals surface area contributed by atoms with Crippen LogP contribution < -0.4 is 14.8 Å². The molecule has 1 fully saturated rings. The molecule has 0 unspecified atom stereocenters. The number of carbonyl (C=O) groups excluding carboxylic acids is 1. The Morgan fingerprint density at radius 1 is 1.19 bits per heavy atom. The molecule has 0 saturated heterocycles. The minimum atomic E-state index is -3.62. The van der Waals surface area contributed by atoms with E-state index in [9.17, 15) is 13.2 Å². The van der Waals surface area contributed by atoms with Gasteiger partial charge in [-0.15, -0.1) is 11.3 Å². The van der Waals surface area contributed by atoms with Gasteiger partial charge in [0.1, 0.15) is 5.75 Å². The van der Waals surface area contributed by atoms with Crippen LogP contribution in [0.5, 0.6) is 5.75 Å². The molecule has 0 bridgehead atoms. The number of nitrogens with zero attached hydrogens (tertiary/aromatic N) is 1. The van der Waals surface area contributed by atoms with Gasteiger partial charge in [0, 0.05) is 22.5 Å². The average molecular weight is 458 g/mol. The maximum Gasteiger partial charge on any atom is 0.257 e. The molecule has 1 amide bonds. The SMILES string of the molecule is CCCOc1ccc(-c2csc(NC(=O)c3cccc(S(=O)(=O)NC4CC4)c3)n2)cc1. The number of rotatable bonds is 9. The quantitative estimate of drug-likeness (QED) is 0.500. The van der Waals surface area contributed by atoms with E-state index in [1.54, 1.807) is 12.1 Å². The summed E-state index contributed by atoms with van der Waals surface area (Å²) < 4.78 is 33.0. The van der Waals surface area contributed by atoms with Gasteiger partial charge in [0.2, 0.25) is 10.0 Å². The summed E-state index contributed by atoms with van der Waals surface area (Å²) in [5.41, 5.74) is 1.92. The van der Waals surface area contributed by atoms with Crippen LogP contribution in [0.2, 0.25) is 0 Å². The standard InChI is InChI=1S/C22H23N3O4S2/c1-2-12-29-18-10-6-15(7-11-18)20-14-30-22(23-20)24-21(26)16-4-3-5-19(13-16)31(27,28)25-17-8-9-17/h3-7,10-11,13-14,17,25H,2,8-9,12H2,1H3,(H,23,24,26). The number of thiazole rings is 1. The fourth-order valence-corrected chi connectivity index (χ4v) is 4.93. The third-order valence-corrected chi connectivity index (χ3v) is 6.93. The molecule has 1 heterocycles. The van der Waals surface area contributed by atoms with Crippen molar-refractivity contribution in [3.8, 4) is 17.0 Å². The Kier molecular flexibility index (Phi) is 6.35. The van der Waals surface area contributed by atoms with Gasteiger partial charge in [-0.1, -0.05) is 13.0 Å². The lowest BCUT2D eigenvalue weighted by Gasteiger charge is -2.07. The van der Waals surface area contributed by atoms with Crippen LogP contribution >= 0.6 is 11.3 Å². The Balaban J connectivity index is 1.44. The predicted octanol–water partition coefficient (Wildman–Crippen LogP) is 4.29. The first kappa shape index (κ1) is 21.5. The molecule has 31 heavy (non-hydrogen) atoms. The van der Waals surface area contributed by atoms with Crippen molar-refractivity contribution >= 4 is 32.4 Å². The van der Waals surface area contributed by atoms with Crippen LogP contribution in [0.25, 0.3) is 11.3 Å². The minimum absolute atomic E-state index is 0.00324. The molecule has 2 N–H and O–H groups in total. The van der Waals surface area contributed by atoms with E-state index in [0.29, 0.717) is 11.7 Å². The van der Waals surface area contributed by atoms with Crippen LogP contribution in [-0.4, -0.2) is 32.0 Å². The van der Waals surface area contributed by atoms with E-state index >= 15 is 0 Å². The van der Waals surface area contributed by atoms with Crippen molar-refractivity contribution in [1.82, 2.24) is 9.71 Å². The lowest BCUT2D eigenvalue weighted by molar-refractivity contribution is 0.102. The maximum atomic E-state index is 12.6. The summed E-state index contributed by atoms with van der Waals surface area (Å²) in [5.74, 6) is 0.396. The number of amides is 1. The molecule has 162 valence electrons. The van der Waals surface area contributed by atoms with Crippen LogP contribution in [-0.2, 0) is 10.0 Å². The van der Waals surface area contributed by atoms with E-state index in [2.05, 4.69) is 21.9 Å². The number of anilines is 1. The molecule has 3 aromatic rings. The summed E-state index contributed by atoms with van der Waals surface area (Å²) in [6.45, 7) is 2.73. The lowest BCUT2D eigenvalue weighted by atomic mass is 10.2. The van der Waals surface area contributed by atoms with Gasteiger partial charge >= 0.3 is 0 Å². The van der Waals surface area contributed by atoms with Crippen molar-refractivity contribution in [1.29, 1.82) is 0 Å². The highest BCUT2D eigenvalue weighted by molar-refractivity contribution is 7.89. The van der Waals surface area contributed by atoms with Gasteiger partial charge in [-0.05, 0) is 61.7 Å². The number of hydrogen-bond acceptors (Lipinski definition) is 6. The molecule has 2 aromatic carbocycles. The van der Waals surface area contributed by atoms with Crippen LogP contribution in [0.3, 0.4) is 0 Å². The molecular formula is C22H23N3O4S2. The Labute approximate surface area is 185 Å². The molecular weight excluding hydrogens is 434 g/mol. The Morgan fingerprint density at radius 2 is 1.97 bits per heavy atom. The number of aromatic nitrogens is 1. The number of sulfonamides is 1. The van der Waals surface area contributed by atoms with E-state index < -0.39 is 15.9 Å². The summed E-state index contributed by atoms with van der Waals surface area (Å²) >= 11 is 1.31. The third-order valence-electron chi connectivity index (χ3n) is 4.65. The molecule has 1 aliphatic carbocycles. The highest BCUT2D eigenvalue weighted by atomic mass is 32.2. The van der Waals surface area contributed by atoms with Gasteiger partial charge in [0.15, 0.2) is 5.13 Å². The molecule has 0 atom stereocenters. The fourth-order valence-electron chi connectivity index (χ4n) is 2.87. The second-order valence-corrected chi connectivity index (χ2v) is 9.86. The molecule has 1 aromatic heterocycles. The summed E-state index contributed by atoms with van der Waals surface area (Å²) in [6, 6.07) is 13.6. The predicted molar refractivity (Wildman–Crippen MR) is 121 cm³/mol. The summed E-state index contributed by atoms with van der Waals surface area (Å²) in [7, 11) is -3.62. The van der Waals surface area contributed by atoms with Crippen LogP contribution in [0.15, 0.2) is 58.8 Å². The van der Waals surface area contributed by atoms with E-state index in [1.165, 1.54) is 23.5 Å². The number of benzene rings is 2. The number of nitrogens with one attached hydrogen (secondary N) is 2. The number of carbonyl (C=O) groups is 1. The van der Waals surface area contributed by atoms with Crippen LogP contribution in [0, 0.1) is 0 Å². The van der Waals surface area contributed by atoms with E-state index in [1.807, 2.05) is 29.6 Å². The second kappa shape index (κ2) is 9.17. The third kappa shape index (κ3) is 5.49. The Bertz CT molecular complexity index is 1170. The molecule has 7 nitrogen and oxygen atoms in total. The van der Waals surface area contributed by atoms with E-state index in [4.69, 9.17) is 4.74 Å². The average Bonchev–Trinajstić information content (AvgIpc) is 3.46. The summed E-state index contributed by atoms with van der Waals surface area (Å²) in [5, 5.41) is 5.05. The smallest absolute Gasteiger partial charge is 0.257 e. The molecule has 1 saturated carbocycles. The summed E-state index contributed by atoms with van der Waals surface area (Å²) in [6.07, 6.45) is 2.64. The highest BCUT2D eigenvalue weighted by Crippen LogP contribution is 2.27. The topological polar surface area (TPSA) is 97.4 Å². The normalized spacial score (nSPS) is 13.7. The molecule has 0 radical (unpaired) electrons. The first-order valence-electron chi connectivity index (χ1n) is 10.1. The zero-order valence-electron chi connectivity index (χ0n) is 17.0. The van der Waals surface area contributed by atoms with Gasteiger partial charge < -0.3 is 4.74 Å². The van der Waals surface area contributed by atoms with Crippen molar-refractivity contribution in [2.45, 2.75) is 37.1 Å². The van der Waals surface area contributed by atoms with Crippen molar-refractivity contribution in [2.75, 3.05) is 11.9 Å². The van der Waals surface area contributed by atoms with E-state index in [0.717, 1.165) is 36.3 Å². The Hall–Kier alpha value is -2.75. The van der Waals surface area contributed by atoms with Crippen LogP contribution in [0.1, 0.15) is 36.5 Å². The van der Waals surface area contributed by atoms with Gasteiger partial charge in [-0.25, -0.2) is 18.1 Å². The molecule has 0 spiro atoms. The van der Waals surface area contributed by atoms with Crippen molar-refractivity contribution in [3.63, 3.8) is 0 Å². The summed E-state index contributed by atoms with van der Waals surface area (Å²) in [4.78, 5) is 17.2. The van der Waals surface area contributed by atoms with Crippen molar-refractivity contribution in [2.24, 2.45) is 0 Å². The van der Waals surface area contributed by atoms with Gasteiger partial charge in [-0.3, -0.25) is 10.1 Å². The van der Waals surface area contributed by atoms with Crippen molar-refractivity contribution < 1.29 is 17.9 Å². The van der Waals surface area contributed by atoms with Crippen molar-refractivity contribution in [3.05, 3.63) is 59.5 Å².